The zero-order valence-electron chi connectivity index (χ0n) is 10.4. The Kier molecular flexibility index (Phi) is 4.38. The Hall–Kier alpha value is -1.61. The number of ether oxygens (including phenoxy) is 1. The van der Waals surface area contributed by atoms with Crippen LogP contribution in [0.15, 0.2) is 18.2 Å². The maximum Gasteiger partial charge on any atom is 0.241 e. The van der Waals surface area contributed by atoms with Gasteiger partial charge in [-0.15, -0.1) is 0 Å². The molecule has 1 aromatic carbocycles. The van der Waals surface area contributed by atoms with Gasteiger partial charge in [0.15, 0.2) is 0 Å². The number of hydrogen-bond acceptors (Lipinski definition) is 4. The number of amides is 1. The summed E-state index contributed by atoms with van der Waals surface area (Å²) >= 11 is 5.83. The van der Waals surface area contributed by atoms with E-state index in [0.717, 1.165) is 0 Å². The molecule has 1 heterocycles. The lowest BCUT2D eigenvalue weighted by molar-refractivity contribution is -0.118. The molecule has 0 spiro atoms. The zero-order valence-corrected chi connectivity index (χ0v) is 11.2. The van der Waals surface area contributed by atoms with Gasteiger partial charge < -0.3 is 15.4 Å². The monoisotopic (exact) mass is 279 g/mol. The first-order valence-corrected chi connectivity index (χ1v) is 6.28. The van der Waals surface area contributed by atoms with Crippen LogP contribution in [0.5, 0.6) is 0 Å². The summed E-state index contributed by atoms with van der Waals surface area (Å²) in [6.45, 7) is 0.665. The number of nitrogens with zero attached hydrogens (tertiary/aromatic N) is 1. The van der Waals surface area contributed by atoms with Crippen LogP contribution < -0.4 is 10.6 Å². The molecule has 1 amide bonds. The van der Waals surface area contributed by atoms with E-state index < -0.39 is 0 Å². The quantitative estimate of drug-likeness (QED) is 0.880. The van der Waals surface area contributed by atoms with Crippen LogP contribution in [0.2, 0.25) is 5.02 Å². The second kappa shape index (κ2) is 6.02. The van der Waals surface area contributed by atoms with Crippen LogP contribution in [0.4, 0.5) is 5.69 Å². The Labute approximate surface area is 116 Å². The fourth-order valence-electron chi connectivity index (χ4n) is 2.00. The van der Waals surface area contributed by atoms with Gasteiger partial charge in [-0.25, -0.2) is 0 Å². The number of carbonyl (C=O) groups excluding carboxylic acids is 1. The van der Waals surface area contributed by atoms with Crippen molar-refractivity contribution in [3.05, 3.63) is 28.8 Å². The Morgan fingerprint density at radius 2 is 2.42 bits per heavy atom. The number of halogens is 1. The van der Waals surface area contributed by atoms with E-state index in [2.05, 4.69) is 10.6 Å². The Morgan fingerprint density at radius 1 is 1.63 bits per heavy atom. The van der Waals surface area contributed by atoms with E-state index in [-0.39, 0.29) is 18.1 Å². The first-order valence-electron chi connectivity index (χ1n) is 5.90. The average molecular weight is 280 g/mol. The minimum absolute atomic E-state index is 0.0654. The van der Waals surface area contributed by atoms with E-state index in [1.807, 2.05) is 6.07 Å². The molecule has 1 saturated heterocycles. The second-order valence-corrected chi connectivity index (χ2v) is 4.76. The largest absolute Gasteiger partial charge is 0.380 e. The number of nitrogens with one attached hydrogen (secondary N) is 2. The summed E-state index contributed by atoms with van der Waals surface area (Å²) in [5, 5.41) is 15.1. The molecule has 1 fully saturated rings. The molecule has 0 radical (unpaired) electrons. The molecule has 0 bridgehead atoms. The third kappa shape index (κ3) is 3.24. The van der Waals surface area contributed by atoms with Gasteiger partial charge in [-0.3, -0.25) is 4.79 Å². The number of hydrogen-bond donors (Lipinski definition) is 2. The van der Waals surface area contributed by atoms with Gasteiger partial charge in [0.05, 0.1) is 22.7 Å². The predicted octanol–water partition coefficient (Wildman–Crippen LogP) is 1.53. The van der Waals surface area contributed by atoms with Crippen molar-refractivity contribution >= 4 is 23.2 Å². The lowest BCUT2D eigenvalue weighted by atomic mass is 10.1. The molecule has 1 aliphatic rings. The summed E-state index contributed by atoms with van der Waals surface area (Å²) < 4.78 is 5.19. The molecule has 1 aromatic rings. The molecule has 6 heteroatoms. The maximum absolute atomic E-state index is 12.0. The van der Waals surface area contributed by atoms with Gasteiger partial charge in [0.25, 0.3) is 0 Å². The van der Waals surface area contributed by atoms with Crippen LogP contribution in [0, 0.1) is 11.3 Å². The molecule has 19 heavy (non-hydrogen) atoms. The highest BCUT2D eigenvalue weighted by molar-refractivity contribution is 6.31. The number of methoxy groups -OCH3 is 1. The summed E-state index contributed by atoms with van der Waals surface area (Å²) in [4.78, 5) is 12.0. The molecule has 0 aromatic heterocycles. The van der Waals surface area contributed by atoms with Gasteiger partial charge in [-0.1, -0.05) is 11.6 Å². The normalized spacial score (nSPS) is 21.9. The minimum Gasteiger partial charge on any atom is -0.380 e. The highest BCUT2D eigenvalue weighted by atomic mass is 35.5. The van der Waals surface area contributed by atoms with Crippen molar-refractivity contribution in [1.82, 2.24) is 5.32 Å². The Balaban J connectivity index is 2.02. The van der Waals surface area contributed by atoms with Crippen molar-refractivity contribution in [2.45, 2.75) is 18.6 Å². The van der Waals surface area contributed by atoms with Gasteiger partial charge in [0.1, 0.15) is 6.07 Å². The van der Waals surface area contributed by atoms with E-state index in [9.17, 15) is 4.79 Å². The molecular weight excluding hydrogens is 266 g/mol. The van der Waals surface area contributed by atoms with Crippen molar-refractivity contribution in [1.29, 1.82) is 5.26 Å². The number of nitriles is 1. The maximum atomic E-state index is 12.0. The molecule has 2 unspecified atom stereocenters. The number of benzene rings is 1. The lowest BCUT2D eigenvalue weighted by Gasteiger charge is -2.11. The molecule has 2 atom stereocenters. The SMILES string of the molecule is COC1CNC(C(=O)Nc2ccc(Cl)c(C#N)c2)C1. The van der Waals surface area contributed by atoms with E-state index in [4.69, 9.17) is 21.6 Å². The molecule has 1 aliphatic heterocycles. The summed E-state index contributed by atoms with van der Waals surface area (Å²) in [7, 11) is 1.63. The molecular formula is C13H14ClN3O2. The number of carbonyl (C=O) groups is 1. The summed E-state index contributed by atoms with van der Waals surface area (Å²) in [6, 6.07) is 6.53. The first kappa shape index (κ1) is 13.8. The minimum atomic E-state index is -0.272. The van der Waals surface area contributed by atoms with Gasteiger partial charge in [-0.2, -0.15) is 5.26 Å². The van der Waals surface area contributed by atoms with Crippen LogP contribution in [0.1, 0.15) is 12.0 Å². The van der Waals surface area contributed by atoms with Gasteiger partial charge in [0, 0.05) is 19.3 Å². The summed E-state index contributed by atoms with van der Waals surface area (Å²) in [5.41, 5.74) is 0.905. The standard InChI is InChI=1S/C13H14ClN3O2/c1-19-10-5-12(16-7-10)13(18)17-9-2-3-11(14)8(4-9)6-15/h2-4,10,12,16H,5,7H2,1H3,(H,17,18). The molecule has 2 rings (SSSR count). The highest BCUT2D eigenvalue weighted by Gasteiger charge is 2.29. The van der Waals surface area contributed by atoms with Crippen molar-refractivity contribution in [2.75, 3.05) is 19.0 Å². The fourth-order valence-corrected chi connectivity index (χ4v) is 2.16. The molecule has 5 nitrogen and oxygen atoms in total. The average Bonchev–Trinajstić information content (AvgIpc) is 2.90. The smallest absolute Gasteiger partial charge is 0.241 e. The van der Waals surface area contributed by atoms with Crippen LogP contribution in [0.3, 0.4) is 0 Å². The van der Waals surface area contributed by atoms with Crippen LogP contribution >= 0.6 is 11.6 Å². The first-order chi connectivity index (χ1) is 9.13. The summed E-state index contributed by atoms with van der Waals surface area (Å²) in [6.07, 6.45) is 0.705. The van der Waals surface area contributed by atoms with Crippen molar-refractivity contribution in [2.24, 2.45) is 0 Å². The van der Waals surface area contributed by atoms with E-state index in [0.29, 0.717) is 29.2 Å². The number of anilines is 1. The van der Waals surface area contributed by atoms with Crippen LogP contribution in [-0.2, 0) is 9.53 Å². The Bertz CT molecular complexity index is 527. The predicted molar refractivity (Wildman–Crippen MR) is 72.0 cm³/mol. The van der Waals surface area contributed by atoms with E-state index in [1.54, 1.807) is 25.3 Å². The van der Waals surface area contributed by atoms with Crippen molar-refractivity contribution < 1.29 is 9.53 Å². The molecule has 0 saturated carbocycles. The lowest BCUT2D eigenvalue weighted by Crippen LogP contribution is -2.35. The van der Waals surface area contributed by atoms with Gasteiger partial charge in [0.2, 0.25) is 5.91 Å². The molecule has 0 aliphatic carbocycles. The number of rotatable bonds is 3. The third-order valence-electron chi connectivity index (χ3n) is 3.09. The highest BCUT2D eigenvalue weighted by Crippen LogP contribution is 2.20. The second-order valence-electron chi connectivity index (χ2n) is 4.35. The molecule has 2 N–H and O–H groups in total. The molecule has 100 valence electrons. The zero-order chi connectivity index (χ0) is 13.8. The fraction of sp³-hybridized carbons (Fsp3) is 0.385. The van der Waals surface area contributed by atoms with Crippen LogP contribution in [-0.4, -0.2) is 31.7 Å². The summed E-state index contributed by atoms with van der Waals surface area (Å²) in [5.74, 6) is -0.134. The third-order valence-corrected chi connectivity index (χ3v) is 3.42. The van der Waals surface area contributed by atoms with E-state index in [1.165, 1.54) is 0 Å². The Morgan fingerprint density at radius 3 is 3.05 bits per heavy atom. The van der Waals surface area contributed by atoms with Gasteiger partial charge >= 0.3 is 0 Å². The van der Waals surface area contributed by atoms with Crippen molar-refractivity contribution in [3.63, 3.8) is 0 Å². The van der Waals surface area contributed by atoms with Crippen molar-refractivity contribution in [3.8, 4) is 6.07 Å². The van der Waals surface area contributed by atoms with Gasteiger partial charge in [-0.05, 0) is 24.6 Å². The van der Waals surface area contributed by atoms with E-state index >= 15 is 0 Å². The van der Waals surface area contributed by atoms with Crippen LogP contribution in [0.25, 0.3) is 0 Å². The topological polar surface area (TPSA) is 74.2 Å².